The molecule has 1 amide bonds. The van der Waals surface area contributed by atoms with Crippen LogP contribution >= 0.6 is 11.6 Å². The SMILES string of the molecule is CN(Cc1ccccc1)[C@H]1CCN(c2nnc(Cl)cc2C(N)=O)C1. The summed E-state index contributed by atoms with van der Waals surface area (Å²) in [7, 11) is 2.11. The van der Waals surface area contributed by atoms with Crippen molar-refractivity contribution in [2.45, 2.75) is 19.0 Å². The lowest BCUT2D eigenvalue weighted by Crippen LogP contribution is -2.35. The summed E-state index contributed by atoms with van der Waals surface area (Å²) in [6, 6.07) is 12.2. The van der Waals surface area contributed by atoms with Crippen LogP contribution in [-0.2, 0) is 6.54 Å². The van der Waals surface area contributed by atoms with E-state index >= 15 is 0 Å². The Morgan fingerprint density at radius 2 is 2.12 bits per heavy atom. The van der Waals surface area contributed by atoms with E-state index < -0.39 is 5.91 Å². The molecule has 7 heteroatoms. The van der Waals surface area contributed by atoms with Crippen LogP contribution < -0.4 is 10.6 Å². The molecule has 24 heavy (non-hydrogen) atoms. The predicted molar refractivity (Wildman–Crippen MR) is 94.1 cm³/mol. The maximum Gasteiger partial charge on any atom is 0.252 e. The second-order valence-corrected chi connectivity index (χ2v) is 6.45. The number of amides is 1. The normalized spacial score (nSPS) is 17.5. The van der Waals surface area contributed by atoms with Gasteiger partial charge in [-0.1, -0.05) is 41.9 Å². The molecule has 1 atom stereocenters. The van der Waals surface area contributed by atoms with Crippen molar-refractivity contribution in [3.63, 3.8) is 0 Å². The van der Waals surface area contributed by atoms with Crippen LogP contribution in [0.2, 0.25) is 5.15 Å². The van der Waals surface area contributed by atoms with E-state index in [1.54, 1.807) is 0 Å². The number of hydrogen-bond acceptors (Lipinski definition) is 5. The summed E-state index contributed by atoms with van der Waals surface area (Å²) in [6.45, 7) is 2.47. The van der Waals surface area contributed by atoms with E-state index in [1.807, 2.05) is 18.2 Å². The molecule has 0 radical (unpaired) electrons. The molecule has 126 valence electrons. The molecule has 0 saturated carbocycles. The Hall–Kier alpha value is -2.18. The number of benzene rings is 1. The number of nitrogens with two attached hydrogens (primary N) is 1. The molecule has 1 aliphatic rings. The standard InChI is InChI=1S/C17H20ClN5O/c1-22(10-12-5-3-2-4-6-12)13-7-8-23(11-13)17-14(16(19)24)9-15(18)20-21-17/h2-6,9,13H,7-8,10-11H2,1H3,(H2,19,24)/t13-/m0/s1. The lowest BCUT2D eigenvalue weighted by atomic mass is 10.1. The van der Waals surface area contributed by atoms with Gasteiger partial charge < -0.3 is 10.6 Å². The highest BCUT2D eigenvalue weighted by Crippen LogP contribution is 2.25. The molecular weight excluding hydrogens is 326 g/mol. The first kappa shape index (κ1) is 16.7. The first-order chi connectivity index (χ1) is 11.5. The summed E-state index contributed by atoms with van der Waals surface area (Å²) in [5, 5.41) is 8.11. The number of nitrogens with zero attached hydrogens (tertiary/aromatic N) is 4. The highest BCUT2D eigenvalue weighted by molar-refractivity contribution is 6.29. The topological polar surface area (TPSA) is 75.3 Å². The first-order valence-corrected chi connectivity index (χ1v) is 8.24. The van der Waals surface area contributed by atoms with E-state index in [0.29, 0.717) is 17.4 Å². The minimum absolute atomic E-state index is 0.171. The van der Waals surface area contributed by atoms with E-state index in [9.17, 15) is 4.79 Å². The van der Waals surface area contributed by atoms with E-state index in [4.69, 9.17) is 17.3 Å². The lowest BCUT2D eigenvalue weighted by Gasteiger charge is -2.25. The van der Waals surface area contributed by atoms with Crippen molar-refractivity contribution in [3.05, 3.63) is 52.7 Å². The molecule has 2 heterocycles. The quantitative estimate of drug-likeness (QED) is 0.896. The molecule has 1 aromatic carbocycles. The van der Waals surface area contributed by atoms with Gasteiger partial charge in [0.2, 0.25) is 0 Å². The number of anilines is 1. The van der Waals surface area contributed by atoms with Gasteiger partial charge in [-0.05, 0) is 25.1 Å². The highest BCUT2D eigenvalue weighted by Gasteiger charge is 2.29. The Morgan fingerprint density at radius 3 is 2.83 bits per heavy atom. The van der Waals surface area contributed by atoms with Crippen molar-refractivity contribution in [1.82, 2.24) is 15.1 Å². The monoisotopic (exact) mass is 345 g/mol. The van der Waals surface area contributed by atoms with Gasteiger partial charge in [0, 0.05) is 25.7 Å². The third-order valence-corrected chi connectivity index (χ3v) is 4.56. The van der Waals surface area contributed by atoms with Crippen molar-refractivity contribution in [1.29, 1.82) is 0 Å². The Balaban J connectivity index is 1.70. The minimum Gasteiger partial charge on any atom is -0.365 e. The van der Waals surface area contributed by atoms with Gasteiger partial charge in [0.1, 0.15) is 0 Å². The number of halogens is 1. The zero-order valence-corrected chi connectivity index (χ0v) is 14.3. The molecule has 1 aromatic heterocycles. The van der Waals surface area contributed by atoms with Gasteiger partial charge in [0.05, 0.1) is 5.56 Å². The van der Waals surface area contributed by atoms with Crippen LogP contribution in [0.25, 0.3) is 0 Å². The number of aromatic nitrogens is 2. The van der Waals surface area contributed by atoms with E-state index in [0.717, 1.165) is 26.1 Å². The minimum atomic E-state index is -0.539. The Labute approximate surface area is 146 Å². The largest absolute Gasteiger partial charge is 0.365 e. The molecule has 0 spiro atoms. The number of carbonyl (C=O) groups excluding carboxylic acids is 1. The maximum absolute atomic E-state index is 11.6. The number of hydrogen-bond donors (Lipinski definition) is 1. The second kappa shape index (κ2) is 7.15. The van der Waals surface area contributed by atoms with Crippen LogP contribution in [0.3, 0.4) is 0 Å². The molecule has 1 aliphatic heterocycles. The van der Waals surface area contributed by atoms with Crippen molar-refractivity contribution >= 4 is 23.3 Å². The van der Waals surface area contributed by atoms with Gasteiger partial charge in [0.25, 0.3) is 5.91 Å². The van der Waals surface area contributed by atoms with Crippen molar-refractivity contribution in [3.8, 4) is 0 Å². The Morgan fingerprint density at radius 1 is 1.38 bits per heavy atom. The lowest BCUT2D eigenvalue weighted by molar-refractivity contribution is 0.100. The Bertz CT molecular complexity index is 724. The third kappa shape index (κ3) is 3.66. The van der Waals surface area contributed by atoms with Gasteiger partial charge >= 0.3 is 0 Å². The van der Waals surface area contributed by atoms with Crippen LogP contribution in [0.1, 0.15) is 22.3 Å². The van der Waals surface area contributed by atoms with Gasteiger partial charge in [-0.25, -0.2) is 0 Å². The summed E-state index contributed by atoms with van der Waals surface area (Å²) >= 11 is 5.83. The summed E-state index contributed by atoms with van der Waals surface area (Å²) < 4.78 is 0. The highest BCUT2D eigenvalue weighted by atomic mass is 35.5. The maximum atomic E-state index is 11.6. The smallest absolute Gasteiger partial charge is 0.252 e. The number of rotatable bonds is 5. The molecule has 2 N–H and O–H groups in total. The van der Waals surface area contributed by atoms with Gasteiger partial charge in [-0.15, -0.1) is 10.2 Å². The van der Waals surface area contributed by atoms with Crippen molar-refractivity contribution in [2.75, 3.05) is 25.0 Å². The molecule has 6 nitrogen and oxygen atoms in total. The van der Waals surface area contributed by atoms with Crippen LogP contribution in [0.5, 0.6) is 0 Å². The van der Waals surface area contributed by atoms with Gasteiger partial charge in [-0.2, -0.15) is 0 Å². The number of carbonyl (C=O) groups is 1. The van der Waals surface area contributed by atoms with Crippen molar-refractivity contribution < 1.29 is 4.79 Å². The fourth-order valence-electron chi connectivity index (χ4n) is 3.07. The summed E-state index contributed by atoms with van der Waals surface area (Å²) in [5.74, 6) is -0.0228. The van der Waals surface area contributed by atoms with Crippen molar-refractivity contribution in [2.24, 2.45) is 5.73 Å². The fraction of sp³-hybridized carbons (Fsp3) is 0.353. The molecule has 2 aromatic rings. The zero-order valence-electron chi connectivity index (χ0n) is 13.5. The van der Waals surface area contributed by atoms with Gasteiger partial charge in [0.15, 0.2) is 11.0 Å². The molecule has 0 unspecified atom stereocenters. The van der Waals surface area contributed by atoms with Crippen LogP contribution in [0.15, 0.2) is 36.4 Å². The number of likely N-dealkylation sites (N-methyl/N-ethyl adjacent to an activating group) is 1. The number of primary amides is 1. The Kier molecular flexibility index (Phi) is 4.97. The second-order valence-electron chi connectivity index (χ2n) is 6.06. The molecule has 1 saturated heterocycles. The fourth-order valence-corrected chi connectivity index (χ4v) is 3.22. The first-order valence-electron chi connectivity index (χ1n) is 7.86. The van der Waals surface area contributed by atoms with Gasteiger partial charge in [-0.3, -0.25) is 9.69 Å². The molecular formula is C17H20ClN5O. The van der Waals surface area contributed by atoms with E-state index in [2.05, 4.69) is 39.2 Å². The predicted octanol–water partition coefficient (Wildman–Crippen LogP) is 1.94. The summed E-state index contributed by atoms with van der Waals surface area (Å²) in [6.07, 6.45) is 0.992. The van der Waals surface area contributed by atoms with E-state index in [-0.39, 0.29) is 5.15 Å². The summed E-state index contributed by atoms with van der Waals surface area (Å²) in [4.78, 5) is 16.0. The molecule has 0 bridgehead atoms. The van der Waals surface area contributed by atoms with Crippen LogP contribution in [0, 0.1) is 0 Å². The summed E-state index contributed by atoms with van der Waals surface area (Å²) in [5.41, 5.74) is 7.05. The molecule has 3 rings (SSSR count). The molecule has 0 aliphatic carbocycles. The van der Waals surface area contributed by atoms with Crippen LogP contribution in [0.4, 0.5) is 5.82 Å². The van der Waals surface area contributed by atoms with Crippen LogP contribution in [-0.4, -0.2) is 47.2 Å². The van der Waals surface area contributed by atoms with E-state index in [1.165, 1.54) is 11.6 Å². The average molecular weight is 346 g/mol. The average Bonchev–Trinajstić information content (AvgIpc) is 3.05. The third-order valence-electron chi connectivity index (χ3n) is 4.37. The molecule has 1 fully saturated rings. The zero-order chi connectivity index (χ0) is 17.1.